The molecule has 0 unspecified atom stereocenters. The number of nitrogens with zero attached hydrogens (tertiary/aromatic N) is 4. The molecule has 136 valence electrons. The zero-order chi connectivity index (χ0) is 18.5. The van der Waals surface area contributed by atoms with Gasteiger partial charge in [-0.15, -0.1) is 0 Å². The molecule has 0 aliphatic carbocycles. The molecule has 2 aromatic rings. The molecule has 26 heavy (non-hydrogen) atoms. The van der Waals surface area contributed by atoms with Crippen molar-refractivity contribution < 1.29 is 9.59 Å². The lowest BCUT2D eigenvalue weighted by Crippen LogP contribution is -2.50. The molecule has 0 bridgehead atoms. The number of amides is 2. The van der Waals surface area contributed by atoms with Crippen LogP contribution in [0.2, 0.25) is 0 Å². The van der Waals surface area contributed by atoms with Crippen LogP contribution in [0.4, 0.5) is 11.6 Å². The number of hydrogen-bond acceptors (Lipinski definition) is 5. The largest absolute Gasteiger partial charge is 0.339 e. The van der Waals surface area contributed by atoms with Crippen LogP contribution >= 0.6 is 0 Å². The summed E-state index contributed by atoms with van der Waals surface area (Å²) in [4.78, 5) is 36.1. The molecule has 1 aromatic carbocycles. The van der Waals surface area contributed by atoms with Crippen LogP contribution in [0.5, 0.6) is 0 Å². The number of anilines is 2. The van der Waals surface area contributed by atoms with Crippen molar-refractivity contribution >= 4 is 23.5 Å². The Hall–Kier alpha value is -2.96. The minimum atomic E-state index is -0.139. The van der Waals surface area contributed by atoms with Crippen LogP contribution in [0, 0.1) is 0 Å². The summed E-state index contributed by atoms with van der Waals surface area (Å²) in [5, 5.41) is 3.13. The predicted molar refractivity (Wildman–Crippen MR) is 99.3 cm³/mol. The zero-order valence-electron chi connectivity index (χ0n) is 15.1. The van der Waals surface area contributed by atoms with Gasteiger partial charge >= 0.3 is 0 Å². The van der Waals surface area contributed by atoms with Gasteiger partial charge in [-0.05, 0) is 30.2 Å². The minimum Gasteiger partial charge on any atom is -0.339 e. The van der Waals surface area contributed by atoms with E-state index in [0.29, 0.717) is 37.8 Å². The first-order chi connectivity index (χ1) is 12.6. The molecule has 1 saturated heterocycles. The van der Waals surface area contributed by atoms with Gasteiger partial charge in [-0.1, -0.05) is 19.1 Å². The SMILES string of the molecule is CCc1ccc(Nc2nccc(C(=O)N3CCN(C(C)=O)CC3)n2)cc1. The van der Waals surface area contributed by atoms with E-state index in [2.05, 4.69) is 22.2 Å². The molecule has 3 rings (SSSR count). The van der Waals surface area contributed by atoms with Crippen LogP contribution in [0.15, 0.2) is 36.5 Å². The molecule has 2 amide bonds. The summed E-state index contributed by atoms with van der Waals surface area (Å²) in [6.07, 6.45) is 2.56. The molecule has 7 nitrogen and oxygen atoms in total. The van der Waals surface area contributed by atoms with Crippen LogP contribution in [0.3, 0.4) is 0 Å². The van der Waals surface area contributed by atoms with E-state index in [1.165, 1.54) is 5.56 Å². The third-order valence-corrected chi connectivity index (χ3v) is 4.51. The van der Waals surface area contributed by atoms with E-state index in [1.807, 2.05) is 24.3 Å². The van der Waals surface area contributed by atoms with Gasteiger partial charge in [-0.3, -0.25) is 9.59 Å². The molecule has 1 aliphatic heterocycles. The number of aryl methyl sites for hydroxylation is 1. The molecule has 7 heteroatoms. The molecule has 1 aliphatic rings. The van der Waals surface area contributed by atoms with Gasteiger partial charge in [0.15, 0.2) is 0 Å². The summed E-state index contributed by atoms with van der Waals surface area (Å²) in [7, 11) is 0. The van der Waals surface area contributed by atoms with Gasteiger partial charge < -0.3 is 15.1 Å². The van der Waals surface area contributed by atoms with E-state index in [4.69, 9.17) is 0 Å². The smallest absolute Gasteiger partial charge is 0.272 e. The van der Waals surface area contributed by atoms with Crippen molar-refractivity contribution in [3.8, 4) is 0 Å². The summed E-state index contributed by atoms with van der Waals surface area (Å²) in [6, 6.07) is 9.65. The van der Waals surface area contributed by atoms with E-state index in [0.717, 1.165) is 12.1 Å². The number of benzene rings is 1. The fourth-order valence-corrected chi connectivity index (χ4v) is 2.88. The third-order valence-electron chi connectivity index (χ3n) is 4.51. The number of hydrogen-bond donors (Lipinski definition) is 1. The number of rotatable bonds is 4. The standard InChI is InChI=1S/C19H23N5O2/c1-3-15-4-6-16(7-5-15)21-19-20-9-8-17(22-19)18(26)24-12-10-23(11-13-24)14(2)25/h4-9H,3,10-13H2,1-2H3,(H,20,21,22). The van der Waals surface area contributed by atoms with Gasteiger partial charge in [0.1, 0.15) is 5.69 Å². The number of piperazine rings is 1. The molecule has 2 heterocycles. The number of carbonyl (C=O) groups is 2. The van der Waals surface area contributed by atoms with Gasteiger partial charge in [-0.25, -0.2) is 9.97 Å². The van der Waals surface area contributed by atoms with E-state index in [9.17, 15) is 9.59 Å². The van der Waals surface area contributed by atoms with Gasteiger partial charge in [0.05, 0.1) is 0 Å². The maximum Gasteiger partial charge on any atom is 0.272 e. The van der Waals surface area contributed by atoms with E-state index < -0.39 is 0 Å². The fraction of sp³-hybridized carbons (Fsp3) is 0.368. The normalized spacial score (nSPS) is 14.2. The maximum absolute atomic E-state index is 12.7. The molecular formula is C19H23N5O2. The summed E-state index contributed by atoms with van der Waals surface area (Å²) in [5.41, 5.74) is 2.48. The second kappa shape index (κ2) is 7.95. The van der Waals surface area contributed by atoms with Gasteiger partial charge in [0.25, 0.3) is 5.91 Å². The summed E-state index contributed by atoms with van der Waals surface area (Å²) >= 11 is 0. The molecule has 1 fully saturated rings. The van der Waals surface area contributed by atoms with Crippen LogP contribution in [-0.2, 0) is 11.2 Å². The Bertz CT molecular complexity index is 783. The highest BCUT2D eigenvalue weighted by molar-refractivity contribution is 5.92. The van der Waals surface area contributed by atoms with E-state index in [1.54, 1.807) is 29.0 Å². The molecule has 1 N–H and O–H groups in total. The average molecular weight is 353 g/mol. The second-order valence-corrected chi connectivity index (χ2v) is 6.24. The Morgan fingerprint density at radius 3 is 2.31 bits per heavy atom. The quantitative estimate of drug-likeness (QED) is 0.910. The highest BCUT2D eigenvalue weighted by Crippen LogP contribution is 2.15. The van der Waals surface area contributed by atoms with Crippen LogP contribution in [0.1, 0.15) is 29.9 Å². The van der Waals surface area contributed by atoms with Crippen molar-refractivity contribution in [1.82, 2.24) is 19.8 Å². The Morgan fingerprint density at radius 2 is 1.69 bits per heavy atom. The molecule has 0 atom stereocenters. The molecule has 1 aromatic heterocycles. The van der Waals surface area contributed by atoms with Gasteiger partial charge in [0.2, 0.25) is 11.9 Å². The Morgan fingerprint density at radius 1 is 1.04 bits per heavy atom. The third kappa shape index (κ3) is 4.17. The number of nitrogens with one attached hydrogen (secondary N) is 1. The topological polar surface area (TPSA) is 78.4 Å². The number of aromatic nitrogens is 2. The van der Waals surface area contributed by atoms with Crippen molar-refractivity contribution in [3.63, 3.8) is 0 Å². The summed E-state index contributed by atoms with van der Waals surface area (Å²) in [5.74, 6) is 0.294. The molecule has 0 spiro atoms. The van der Waals surface area contributed by atoms with Gasteiger partial charge in [0, 0.05) is 45.0 Å². The predicted octanol–water partition coefficient (Wildman–Crippen LogP) is 2.09. The Balaban J connectivity index is 1.66. The lowest BCUT2D eigenvalue weighted by Gasteiger charge is -2.34. The van der Waals surface area contributed by atoms with Crippen LogP contribution in [-0.4, -0.2) is 57.8 Å². The highest BCUT2D eigenvalue weighted by atomic mass is 16.2. The monoisotopic (exact) mass is 353 g/mol. The summed E-state index contributed by atoms with van der Waals surface area (Å²) < 4.78 is 0. The summed E-state index contributed by atoms with van der Waals surface area (Å²) in [6.45, 7) is 5.80. The average Bonchev–Trinajstić information content (AvgIpc) is 2.68. The molecule has 0 radical (unpaired) electrons. The first-order valence-corrected chi connectivity index (χ1v) is 8.80. The lowest BCUT2D eigenvalue weighted by atomic mass is 10.1. The van der Waals surface area contributed by atoms with Crippen molar-refractivity contribution in [2.24, 2.45) is 0 Å². The van der Waals surface area contributed by atoms with Crippen molar-refractivity contribution in [2.45, 2.75) is 20.3 Å². The van der Waals surface area contributed by atoms with E-state index >= 15 is 0 Å². The van der Waals surface area contributed by atoms with Crippen molar-refractivity contribution in [3.05, 3.63) is 47.8 Å². The Kier molecular flexibility index (Phi) is 5.46. The number of carbonyl (C=O) groups excluding carboxylic acids is 2. The second-order valence-electron chi connectivity index (χ2n) is 6.24. The molecule has 0 saturated carbocycles. The Labute approximate surface area is 153 Å². The first-order valence-electron chi connectivity index (χ1n) is 8.80. The van der Waals surface area contributed by atoms with E-state index in [-0.39, 0.29) is 11.8 Å². The first kappa shape index (κ1) is 17.8. The van der Waals surface area contributed by atoms with Crippen LogP contribution in [0.25, 0.3) is 0 Å². The van der Waals surface area contributed by atoms with Crippen molar-refractivity contribution in [1.29, 1.82) is 0 Å². The zero-order valence-corrected chi connectivity index (χ0v) is 15.1. The maximum atomic E-state index is 12.7. The minimum absolute atomic E-state index is 0.0414. The van der Waals surface area contributed by atoms with Crippen LogP contribution < -0.4 is 5.32 Å². The fourth-order valence-electron chi connectivity index (χ4n) is 2.88. The lowest BCUT2D eigenvalue weighted by molar-refractivity contribution is -0.130. The highest BCUT2D eigenvalue weighted by Gasteiger charge is 2.24. The van der Waals surface area contributed by atoms with Gasteiger partial charge in [-0.2, -0.15) is 0 Å². The molecular weight excluding hydrogens is 330 g/mol. The van der Waals surface area contributed by atoms with Crippen molar-refractivity contribution in [2.75, 3.05) is 31.5 Å².